The maximum atomic E-state index is 13.5. The molecule has 0 aromatic heterocycles. The number of para-hydroxylation sites is 1. The molecule has 0 radical (unpaired) electrons. The van der Waals surface area contributed by atoms with Gasteiger partial charge < -0.3 is 19.1 Å². The van der Waals surface area contributed by atoms with Crippen molar-refractivity contribution in [2.75, 3.05) is 62.2 Å². The van der Waals surface area contributed by atoms with E-state index in [1.165, 1.54) is 5.69 Å². The average molecular weight is 444 g/mol. The van der Waals surface area contributed by atoms with Crippen LogP contribution in [0, 0.1) is 0 Å². The van der Waals surface area contributed by atoms with E-state index in [-0.39, 0.29) is 12.0 Å². The highest BCUT2D eigenvalue weighted by atomic mass is 35.5. The van der Waals surface area contributed by atoms with E-state index in [4.69, 9.17) is 25.8 Å². The van der Waals surface area contributed by atoms with Gasteiger partial charge >= 0.3 is 0 Å². The molecule has 0 bridgehead atoms. The monoisotopic (exact) mass is 443 g/mol. The van der Waals surface area contributed by atoms with Crippen molar-refractivity contribution in [1.29, 1.82) is 0 Å². The van der Waals surface area contributed by atoms with Crippen LogP contribution in [0.1, 0.15) is 5.56 Å². The van der Waals surface area contributed by atoms with Gasteiger partial charge in [0.15, 0.2) is 0 Å². The van der Waals surface area contributed by atoms with Crippen molar-refractivity contribution in [2.45, 2.75) is 11.9 Å². The number of benzene rings is 2. The second kappa shape index (κ2) is 8.31. The normalized spacial score (nSPS) is 26.0. The van der Waals surface area contributed by atoms with E-state index in [2.05, 4.69) is 21.9 Å². The molecule has 7 nitrogen and oxygen atoms in total. The summed E-state index contributed by atoms with van der Waals surface area (Å²) in [5.74, 6) is -0.375. The molecular weight excluding hydrogens is 418 g/mol. The van der Waals surface area contributed by atoms with Gasteiger partial charge in [-0.2, -0.15) is 0 Å². The fourth-order valence-electron chi connectivity index (χ4n) is 4.51. The number of amides is 1. The number of methoxy groups -OCH3 is 1. The number of piperazine rings is 1. The number of carbonyl (C=O) groups excluding carboxylic acids is 1. The lowest BCUT2D eigenvalue weighted by atomic mass is 10.1. The third kappa shape index (κ3) is 3.55. The Morgan fingerprint density at radius 2 is 1.84 bits per heavy atom. The Hall–Kier alpha value is -2.32. The number of alkyl halides is 1. The molecule has 3 aliphatic heterocycles. The van der Waals surface area contributed by atoms with E-state index in [1.54, 1.807) is 12.0 Å². The zero-order chi connectivity index (χ0) is 21.4. The van der Waals surface area contributed by atoms with Crippen LogP contribution < -0.4 is 14.5 Å². The molecule has 164 valence electrons. The van der Waals surface area contributed by atoms with Crippen LogP contribution in [-0.4, -0.2) is 69.4 Å². The minimum Gasteiger partial charge on any atom is -0.497 e. The first-order valence-corrected chi connectivity index (χ1v) is 11.1. The molecule has 8 heteroatoms. The van der Waals surface area contributed by atoms with Crippen LogP contribution in [0.4, 0.5) is 11.4 Å². The second-order valence-corrected chi connectivity index (χ2v) is 8.33. The van der Waals surface area contributed by atoms with Gasteiger partial charge in [-0.25, -0.2) is 0 Å². The van der Waals surface area contributed by atoms with E-state index in [1.807, 2.05) is 36.4 Å². The largest absolute Gasteiger partial charge is 0.497 e. The molecule has 1 amide bonds. The lowest BCUT2D eigenvalue weighted by Gasteiger charge is -2.38. The second-order valence-electron chi connectivity index (χ2n) is 8.02. The number of hydrogen-bond donors (Lipinski definition) is 0. The van der Waals surface area contributed by atoms with Crippen molar-refractivity contribution in [1.82, 2.24) is 4.90 Å². The molecule has 2 atom stereocenters. The summed E-state index contributed by atoms with van der Waals surface area (Å²) in [6.45, 7) is 4.32. The summed E-state index contributed by atoms with van der Waals surface area (Å²) in [5.41, 5.74) is 2.80. The number of fused-ring (bicyclic) bond motifs is 2. The summed E-state index contributed by atoms with van der Waals surface area (Å²) in [5, 5.41) is 0. The van der Waals surface area contributed by atoms with Gasteiger partial charge in [0.2, 0.25) is 0 Å². The molecule has 31 heavy (non-hydrogen) atoms. The standard InChI is InChI=1S/C23H26ClN3O4/c1-29-18-8-6-17(7-9-18)26-12-10-25(11-13-26)16-27-21-5-3-2-4-20(21)23(22(27)28)30-15-19(14-24)31-23/h2-9,19H,10-16H2,1H3/t19-,23+/m0/s1. The molecule has 5 rings (SSSR count). The maximum absolute atomic E-state index is 13.5. The first kappa shape index (κ1) is 20.6. The van der Waals surface area contributed by atoms with Gasteiger partial charge in [0.25, 0.3) is 11.7 Å². The first-order chi connectivity index (χ1) is 15.1. The molecule has 0 N–H and O–H groups in total. The van der Waals surface area contributed by atoms with Gasteiger partial charge in [-0.15, -0.1) is 11.6 Å². The quantitative estimate of drug-likeness (QED) is 0.662. The van der Waals surface area contributed by atoms with Crippen LogP contribution in [0.2, 0.25) is 0 Å². The number of anilines is 2. The average Bonchev–Trinajstić information content (AvgIpc) is 3.36. The SMILES string of the molecule is COc1ccc(N2CCN(CN3C(=O)[C@@]4(OC[C@H](CCl)O4)c4ccccc43)CC2)cc1. The van der Waals surface area contributed by atoms with Crippen LogP contribution in [-0.2, 0) is 20.1 Å². The zero-order valence-electron chi connectivity index (χ0n) is 17.5. The van der Waals surface area contributed by atoms with Crippen molar-refractivity contribution in [3.05, 3.63) is 54.1 Å². The summed E-state index contributed by atoms with van der Waals surface area (Å²) in [6.07, 6.45) is -0.285. The molecule has 3 heterocycles. The molecule has 0 unspecified atom stereocenters. The van der Waals surface area contributed by atoms with Gasteiger partial charge in [0.1, 0.15) is 5.75 Å². The summed E-state index contributed by atoms with van der Waals surface area (Å²) < 4.78 is 17.2. The molecular formula is C23H26ClN3O4. The summed E-state index contributed by atoms with van der Waals surface area (Å²) >= 11 is 5.97. The van der Waals surface area contributed by atoms with E-state index >= 15 is 0 Å². The van der Waals surface area contributed by atoms with Crippen LogP contribution in [0.5, 0.6) is 5.75 Å². The van der Waals surface area contributed by atoms with Gasteiger partial charge in [0.05, 0.1) is 38.1 Å². The third-order valence-corrected chi connectivity index (χ3v) is 6.55. The Bertz CT molecular complexity index is 948. The predicted octanol–water partition coefficient (Wildman–Crippen LogP) is 2.63. The van der Waals surface area contributed by atoms with E-state index in [9.17, 15) is 4.79 Å². The molecule has 2 saturated heterocycles. The minimum atomic E-state index is -1.36. The zero-order valence-corrected chi connectivity index (χ0v) is 18.3. The molecule has 1 spiro atoms. The van der Waals surface area contributed by atoms with E-state index < -0.39 is 5.79 Å². The molecule has 2 fully saturated rings. The van der Waals surface area contributed by atoms with Crippen molar-refractivity contribution in [3.63, 3.8) is 0 Å². The van der Waals surface area contributed by atoms with Crippen LogP contribution in [0.15, 0.2) is 48.5 Å². The number of rotatable bonds is 5. The Balaban J connectivity index is 1.28. The van der Waals surface area contributed by atoms with E-state index in [0.717, 1.165) is 43.2 Å². The number of hydrogen-bond acceptors (Lipinski definition) is 6. The fourth-order valence-corrected chi connectivity index (χ4v) is 4.67. The number of halogens is 1. The third-order valence-electron chi connectivity index (χ3n) is 6.20. The predicted molar refractivity (Wildman–Crippen MR) is 119 cm³/mol. The lowest BCUT2D eigenvalue weighted by molar-refractivity contribution is -0.185. The molecule has 2 aromatic carbocycles. The number of carbonyl (C=O) groups is 1. The Kier molecular flexibility index (Phi) is 5.52. The van der Waals surface area contributed by atoms with Gasteiger partial charge in [-0.3, -0.25) is 14.6 Å². The highest BCUT2D eigenvalue weighted by Crippen LogP contribution is 2.47. The Labute approximate surface area is 187 Å². The summed E-state index contributed by atoms with van der Waals surface area (Å²) in [4.78, 5) is 19.9. The number of ether oxygens (including phenoxy) is 3. The minimum absolute atomic E-state index is 0.168. The molecule has 3 aliphatic rings. The van der Waals surface area contributed by atoms with Crippen molar-refractivity contribution >= 4 is 28.9 Å². The van der Waals surface area contributed by atoms with E-state index in [0.29, 0.717) is 19.2 Å². The highest BCUT2D eigenvalue weighted by Gasteiger charge is 2.58. The topological polar surface area (TPSA) is 54.5 Å². The Morgan fingerprint density at radius 1 is 1.10 bits per heavy atom. The molecule has 0 aliphatic carbocycles. The fraction of sp³-hybridized carbons (Fsp3) is 0.435. The first-order valence-electron chi connectivity index (χ1n) is 10.5. The van der Waals surface area contributed by atoms with Crippen molar-refractivity contribution in [2.24, 2.45) is 0 Å². The highest BCUT2D eigenvalue weighted by molar-refractivity contribution is 6.18. The van der Waals surface area contributed by atoms with Gasteiger partial charge in [-0.1, -0.05) is 18.2 Å². The van der Waals surface area contributed by atoms with Crippen LogP contribution >= 0.6 is 11.6 Å². The summed E-state index contributed by atoms with van der Waals surface area (Å²) in [7, 11) is 1.67. The molecule has 0 saturated carbocycles. The smallest absolute Gasteiger partial charge is 0.293 e. The van der Waals surface area contributed by atoms with Gasteiger partial charge in [0, 0.05) is 37.4 Å². The Morgan fingerprint density at radius 3 is 2.52 bits per heavy atom. The molecule has 2 aromatic rings. The van der Waals surface area contributed by atoms with Crippen molar-refractivity contribution in [3.8, 4) is 5.75 Å². The summed E-state index contributed by atoms with van der Waals surface area (Å²) in [6, 6.07) is 15.8. The van der Waals surface area contributed by atoms with Crippen LogP contribution in [0.3, 0.4) is 0 Å². The van der Waals surface area contributed by atoms with Gasteiger partial charge in [-0.05, 0) is 30.3 Å². The van der Waals surface area contributed by atoms with Crippen molar-refractivity contribution < 1.29 is 19.0 Å². The maximum Gasteiger partial charge on any atom is 0.293 e. The lowest BCUT2D eigenvalue weighted by Crippen LogP contribution is -2.52. The van der Waals surface area contributed by atoms with Crippen LogP contribution in [0.25, 0.3) is 0 Å². The number of nitrogens with zero attached hydrogens (tertiary/aromatic N) is 3.